The predicted octanol–water partition coefficient (Wildman–Crippen LogP) is 4.28. The lowest BCUT2D eigenvalue weighted by Gasteiger charge is -2.42. The number of nitrogen functional groups attached to an aromatic ring is 1. The first-order valence-corrected chi connectivity index (χ1v) is 7.66. The quantitative estimate of drug-likeness (QED) is 0.840. The second kappa shape index (κ2) is 5.70. The molecule has 0 amide bonds. The molecule has 2 rings (SSSR count). The molecule has 2 N–H and O–H groups in total. The van der Waals surface area contributed by atoms with Crippen LogP contribution >= 0.6 is 11.6 Å². The van der Waals surface area contributed by atoms with Crippen LogP contribution in [-0.2, 0) is 6.42 Å². The van der Waals surface area contributed by atoms with E-state index in [2.05, 4.69) is 31.8 Å². The van der Waals surface area contributed by atoms with Crippen molar-refractivity contribution in [3.8, 4) is 0 Å². The second-order valence-electron chi connectivity index (χ2n) is 6.80. The SMILES string of the molecule is CC1CCC(C(C)(C)Cc2ccnc(N)c2)C(Cl)C1. The smallest absolute Gasteiger partial charge is 0.123 e. The maximum absolute atomic E-state index is 6.62. The molecule has 1 heterocycles. The highest BCUT2D eigenvalue weighted by molar-refractivity contribution is 6.20. The van der Waals surface area contributed by atoms with E-state index in [4.69, 9.17) is 17.3 Å². The molecule has 0 spiro atoms. The van der Waals surface area contributed by atoms with Gasteiger partial charge < -0.3 is 5.73 Å². The Morgan fingerprint density at radius 2 is 2.16 bits per heavy atom. The molecular formula is C16H25ClN2. The number of halogens is 1. The average Bonchev–Trinajstić information content (AvgIpc) is 2.27. The summed E-state index contributed by atoms with van der Waals surface area (Å²) < 4.78 is 0. The van der Waals surface area contributed by atoms with Crippen molar-refractivity contribution >= 4 is 17.4 Å². The second-order valence-corrected chi connectivity index (χ2v) is 7.36. The minimum absolute atomic E-state index is 0.209. The van der Waals surface area contributed by atoms with Crippen LogP contribution in [0.25, 0.3) is 0 Å². The maximum Gasteiger partial charge on any atom is 0.123 e. The van der Waals surface area contributed by atoms with Crippen molar-refractivity contribution < 1.29 is 0 Å². The van der Waals surface area contributed by atoms with Gasteiger partial charge in [0.15, 0.2) is 0 Å². The monoisotopic (exact) mass is 280 g/mol. The van der Waals surface area contributed by atoms with Gasteiger partial charge in [-0.1, -0.05) is 27.2 Å². The minimum Gasteiger partial charge on any atom is -0.384 e. The standard InChI is InChI=1S/C16H25ClN2/c1-11-4-5-13(14(17)8-11)16(2,3)10-12-6-7-19-15(18)9-12/h6-7,9,11,13-14H,4-5,8,10H2,1-3H3,(H2,18,19). The molecule has 0 bridgehead atoms. The lowest BCUT2D eigenvalue weighted by molar-refractivity contribution is 0.142. The van der Waals surface area contributed by atoms with Gasteiger partial charge in [-0.15, -0.1) is 11.6 Å². The van der Waals surface area contributed by atoms with Gasteiger partial charge in [-0.25, -0.2) is 4.98 Å². The van der Waals surface area contributed by atoms with Crippen LogP contribution < -0.4 is 5.73 Å². The van der Waals surface area contributed by atoms with Gasteiger partial charge in [0.25, 0.3) is 0 Å². The van der Waals surface area contributed by atoms with E-state index in [0.717, 1.165) is 18.8 Å². The summed E-state index contributed by atoms with van der Waals surface area (Å²) in [5.74, 6) is 1.96. The Morgan fingerprint density at radius 1 is 1.42 bits per heavy atom. The highest BCUT2D eigenvalue weighted by Crippen LogP contribution is 2.44. The van der Waals surface area contributed by atoms with Crippen molar-refractivity contribution in [3.05, 3.63) is 23.9 Å². The van der Waals surface area contributed by atoms with Crippen LogP contribution in [0, 0.1) is 17.3 Å². The van der Waals surface area contributed by atoms with Gasteiger partial charge in [0.2, 0.25) is 0 Å². The summed E-state index contributed by atoms with van der Waals surface area (Å²) >= 11 is 6.62. The molecule has 3 heteroatoms. The third-order valence-corrected chi connectivity index (χ3v) is 5.03. The van der Waals surface area contributed by atoms with Gasteiger partial charge in [0.1, 0.15) is 5.82 Å². The van der Waals surface area contributed by atoms with Gasteiger partial charge in [0, 0.05) is 11.6 Å². The zero-order valence-corrected chi connectivity index (χ0v) is 13.0. The molecule has 3 unspecified atom stereocenters. The molecule has 19 heavy (non-hydrogen) atoms. The molecule has 0 aromatic carbocycles. The Hall–Kier alpha value is -0.760. The average molecular weight is 281 g/mol. The van der Waals surface area contributed by atoms with Crippen LogP contribution in [0.5, 0.6) is 0 Å². The molecule has 1 aliphatic carbocycles. The molecule has 2 nitrogen and oxygen atoms in total. The number of hydrogen-bond acceptors (Lipinski definition) is 2. The summed E-state index contributed by atoms with van der Waals surface area (Å²) in [6.45, 7) is 6.97. The number of nitrogens with zero attached hydrogens (tertiary/aromatic N) is 1. The summed E-state index contributed by atoms with van der Waals surface area (Å²) in [5, 5.41) is 0.304. The van der Waals surface area contributed by atoms with E-state index in [0.29, 0.717) is 17.1 Å². The van der Waals surface area contributed by atoms with Crippen molar-refractivity contribution in [2.75, 3.05) is 5.73 Å². The first-order valence-electron chi connectivity index (χ1n) is 7.23. The number of nitrogens with two attached hydrogens (primary N) is 1. The third-order valence-electron chi connectivity index (χ3n) is 4.54. The Labute approximate surface area is 121 Å². The predicted molar refractivity (Wildman–Crippen MR) is 82.3 cm³/mol. The summed E-state index contributed by atoms with van der Waals surface area (Å²) in [6.07, 6.45) is 6.50. The van der Waals surface area contributed by atoms with E-state index in [1.807, 2.05) is 6.07 Å². The van der Waals surface area contributed by atoms with Crippen molar-refractivity contribution in [1.82, 2.24) is 4.98 Å². The number of hydrogen-bond donors (Lipinski definition) is 1. The summed E-state index contributed by atoms with van der Waals surface area (Å²) in [5.41, 5.74) is 7.24. The van der Waals surface area contributed by atoms with Crippen LogP contribution in [0.15, 0.2) is 18.3 Å². The van der Waals surface area contributed by atoms with Crippen LogP contribution in [0.1, 0.15) is 45.6 Å². The van der Waals surface area contributed by atoms with E-state index in [-0.39, 0.29) is 5.41 Å². The Kier molecular flexibility index (Phi) is 4.39. The van der Waals surface area contributed by atoms with E-state index in [1.54, 1.807) is 6.20 Å². The van der Waals surface area contributed by atoms with Crippen LogP contribution in [0.4, 0.5) is 5.82 Å². The van der Waals surface area contributed by atoms with Crippen LogP contribution in [0.3, 0.4) is 0 Å². The maximum atomic E-state index is 6.62. The summed E-state index contributed by atoms with van der Waals surface area (Å²) in [6, 6.07) is 4.04. The van der Waals surface area contributed by atoms with E-state index >= 15 is 0 Å². The number of alkyl halides is 1. The number of aromatic nitrogens is 1. The van der Waals surface area contributed by atoms with Crippen molar-refractivity contribution in [3.63, 3.8) is 0 Å². The normalized spacial score (nSPS) is 28.3. The first kappa shape index (κ1) is 14.6. The molecule has 1 aromatic heterocycles. The molecule has 1 aromatic rings. The highest BCUT2D eigenvalue weighted by atomic mass is 35.5. The van der Waals surface area contributed by atoms with Gasteiger partial charge in [-0.2, -0.15) is 0 Å². The Balaban J connectivity index is 2.09. The largest absolute Gasteiger partial charge is 0.384 e. The zero-order valence-electron chi connectivity index (χ0n) is 12.2. The number of anilines is 1. The lowest BCUT2D eigenvalue weighted by Crippen LogP contribution is -2.37. The molecule has 0 radical (unpaired) electrons. The highest BCUT2D eigenvalue weighted by Gasteiger charge is 2.38. The molecule has 1 saturated carbocycles. The topological polar surface area (TPSA) is 38.9 Å². The Bertz CT molecular complexity index is 431. The van der Waals surface area contributed by atoms with Crippen LogP contribution in [0.2, 0.25) is 0 Å². The lowest BCUT2D eigenvalue weighted by atomic mass is 9.66. The number of pyridine rings is 1. The van der Waals surface area contributed by atoms with Gasteiger partial charge in [0.05, 0.1) is 0 Å². The summed E-state index contributed by atoms with van der Waals surface area (Å²) in [4.78, 5) is 4.06. The first-order chi connectivity index (χ1) is 8.88. The molecule has 106 valence electrons. The fourth-order valence-corrected chi connectivity index (χ4v) is 4.22. The van der Waals surface area contributed by atoms with E-state index in [1.165, 1.54) is 18.4 Å². The minimum atomic E-state index is 0.209. The Morgan fingerprint density at radius 3 is 2.79 bits per heavy atom. The molecular weight excluding hydrogens is 256 g/mol. The molecule has 3 atom stereocenters. The third kappa shape index (κ3) is 3.62. The zero-order chi connectivity index (χ0) is 14.0. The molecule has 1 aliphatic rings. The molecule has 1 fully saturated rings. The van der Waals surface area contributed by atoms with Crippen molar-refractivity contribution in [1.29, 1.82) is 0 Å². The number of rotatable bonds is 3. The molecule has 0 aliphatic heterocycles. The molecule has 0 saturated heterocycles. The summed E-state index contributed by atoms with van der Waals surface area (Å²) in [7, 11) is 0. The van der Waals surface area contributed by atoms with Crippen LogP contribution in [-0.4, -0.2) is 10.4 Å². The van der Waals surface area contributed by atoms with E-state index < -0.39 is 0 Å². The van der Waals surface area contributed by atoms with Crippen molar-refractivity contribution in [2.45, 2.75) is 51.8 Å². The van der Waals surface area contributed by atoms with E-state index in [9.17, 15) is 0 Å². The van der Waals surface area contributed by atoms with Gasteiger partial charge in [-0.05, 0) is 54.2 Å². The van der Waals surface area contributed by atoms with Crippen molar-refractivity contribution in [2.24, 2.45) is 17.3 Å². The van der Waals surface area contributed by atoms with Gasteiger partial charge >= 0.3 is 0 Å². The van der Waals surface area contributed by atoms with Gasteiger partial charge in [-0.3, -0.25) is 0 Å². The fourth-order valence-electron chi connectivity index (χ4n) is 3.45. The fraction of sp³-hybridized carbons (Fsp3) is 0.688.